The maximum atomic E-state index is 6.11. The van der Waals surface area contributed by atoms with Gasteiger partial charge >= 0.3 is 0 Å². The minimum atomic E-state index is 0.155. The van der Waals surface area contributed by atoms with Gasteiger partial charge in [-0.15, -0.1) is 0 Å². The number of benzene rings is 1. The van der Waals surface area contributed by atoms with Gasteiger partial charge in [0.25, 0.3) is 0 Å². The molecule has 0 aliphatic rings. The SMILES string of the molecule is CCC[C@H](N)c1cccc2cc[nH]c12. The van der Waals surface area contributed by atoms with E-state index in [0.717, 1.165) is 12.8 Å². The van der Waals surface area contributed by atoms with Crippen molar-refractivity contribution >= 4 is 10.9 Å². The van der Waals surface area contributed by atoms with Crippen LogP contribution in [-0.2, 0) is 0 Å². The number of nitrogens with one attached hydrogen (secondary N) is 1. The Labute approximate surface area is 84.1 Å². The first kappa shape index (κ1) is 9.28. The first-order valence-corrected chi connectivity index (χ1v) is 5.14. The zero-order chi connectivity index (χ0) is 9.97. The van der Waals surface area contributed by atoms with Crippen molar-refractivity contribution in [3.05, 3.63) is 36.0 Å². The number of aromatic nitrogens is 1. The summed E-state index contributed by atoms with van der Waals surface area (Å²) >= 11 is 0. The lowest BCUT2D eigenvalue weighted by Gasteiger charge is -2.11. The number of nitrogens with two attached hydrogens (primary N) is 1. The van der Waals surface area contributed by atoms with E-state index in [1.807, 2.05) is 6.20 Å². The molecule has 2 aromatic rings. The molecule has 1 aromatic heterocycles. The van der Waals surface area contributed by atoms with Gasteiger partial charge in [0.15, 0.2) is 0 Å². The van der Waals surface area contributed by atoms with Crippen LogP contribution in [0.4, 0.5) is 0 Å². The number of H-pyrrole nitrogens is 1. The third-order valence-electron chi connectivity index (χ3n) is 2.62. The molecule has 1 heterocycles. The molecule has 0 amide bonds. The molecule has 0 radical (unpaired) electrons. The van der Waals surface area contributed by atoms with Crippen LogP contribution in [0.15, 0.2) is 30.5 Å². The van der Waals surface area contributed by atoms with Gasteiger partial charge in [0, 0.05) is 12.2 Å². The molecular weight excluding hydrogens is 172 g/mol. The molecule has 0 fully saturated rings. The van der Waals surface area contributed by atoms with E-state index in [1.165, 1.54) is 16.5 Å². The summed E-state index contributed by atoms with van der Waals surface area (Å²) in [7, 11) is 0. The van der Waals surface area contributed by atoms with Gasteiger partial charge in [0.1, 0.15) is 0 Å². The fourth-order valence-electron chi connectivity index (χ4n) is 1.88. The van der Waals surface area contributed by atoms with Crippen molar-refractivity contribution in [2.24, 2.45) is 5.73 Å². The van der Waals surface area contributed by atoms with Crippen LogP contribution in [-0.4, -0.2) is 4.98 Å². The van der Waals surface area contributed by atoms with Crippen LogP contribution in [0.5, 0.6) is 0 Å². The van der Waals surface area contributed by atoms with E-state index < -0.39 is 0 Å². The van der Waals surface area contributed by atoms with Crippen LogP contribution in [0.2, 0.25) is 0 Å². The third kappa shape index (κ3) is 1.53. The largest absolute Gasteiger partial charge is 0.361 e. The molecule has 0 aliphatic heterocycles. The lowest BCUT2D eigenvalue weighted by atomic mass is 10.0. The Kier molecular flexibility index (Phi) is 2.55. The van der Waals surface area contributed by atoms with Gasteiger partial charge in [-0.2, -0.15) is 0 Å². The first-order valence-electron chi connectivity index (χ1n) is 5.14. The van der Waals surface area contributed by atoms with Crippen LogP contribution in [0.25, 0.3) is 10.9 Å². The molecule has 1 aromatic carbocycles. The summed E-state index contributed by atoms with van der Waals surface area (Å²) in [5.41, 5.74) is 8.53. The highest BCUT2D eigenvalue weighted by molar-refractivity contribution is 5.82. The number of para-hydroxylation sites is 1. The van der Waals surface area contributed by atoms with Crippen LogP contribution in [0.3, 0.4) is 0 Å². The Morgan fingerprint density at radius 1 is 1.36 bits per heavy atom. The van der Waals surface area contributed by atoms with Gasteiger partial charge in [-0.25, -0.2) is 0 Å². The average Bonchev–Trinajstić information content (AvgIpc) is 2.65. The Hall–Kier alpha value is -1.28. The van der Waals surface area contributed by atoms with Crippen molar-refractivity contribution in [2.45, 2.75) is 25.8 Å². The van der Waals surface area contributed by atoms with Gasteiger partial charge in [0.05, 0.1) is 5.52 Å². The molecular formula is C12H16N2. The topological polar surface area (TPSA) is 41.8 Å². The molecule has 2 heteroatoms. The van der Waals surface area contributed by atoms with E-state index in [0.29, 0.717) is 0 Å². The minimum Gasteiger partial charge on any atom is -0.361 e. The number of aromatic amines is 1. The standard InChI is InChI=1S/C12H16N2/c1-2-4-11(13)10-6-3-5-9-7-8-14-12(9)10/h3,5-8,11,14H,2,4,13H2,1H3/t11-/m0/s1. The van der Waals surface area contributed by atoms with E-state index in [9.17, 15) is 0 Å². The minimum absolute atomic E-state index is 0.155. The average molecular weight is 188 g/mol. The second kappa shape index (κ2) is 3.84. The van der Waals surface area contributed by atoms with E-state index in [-0.39, 0.29) is 6.04 Å². The normalized spacial score (nSPS) is 13.3. The van der Waals surface area contributed by atoms with Gasteiger partial charge in [-0.3, -0.25) is 0 Å². The second-order valence-corrected chi connectivity index (χ2v) is 3.68. The number of hydrogen-bond acceptors (Lipinski definition) is 1. The summed E-state index contributed by atoms with van der Waals surface area (Å²) in [5.74, 6) is 0. The van der Waals surface area contributed by atoms with Crippen LogP contribution in [0, 0.1) is 0 Å². The van der Waals surface area contributed by atoms with E-state index in [4.69, 9.17) is 5.73 Å². The van der Waals surface area contributed by atoms with Gasteiger partial charge in [-0.05, 0) is 23.4 Å². The Balaban J connectivity index is 2.45. The number of hydrogen-bond donors (Lipinski definition) is 2. The molecule has 2 nitrogen and oxygen atoms in total. The maximum absolute atomic E-state index is 6.11. The van der Waals surface area contributed by atoms with Gasteiger partial charge in [-0.1, -0.05) is 31.5 Å². The Morgan fingerprint density at radius 3 is 3.00 bits per heavy atom. The fraction of sp³-hybridized carbons (Fsp3) is 0.333. The predicted octanol–water partition coefficient (Wildman–Crippen LogP) is 2.97. The monoisotopic (exact) mass is 188 g/mol. The fourth-order valence-corrected chi connectivity index (χ4v) is 1.88. The molecule has 74 valence electrons. The maximum Gasteiger partial charge on any atom is 0.0502 e. The molecule has 0 bridgehead atoms. The zero-order valence-corrected chi connectivity index (χ0v) is 8.46. The van der Waals surface area contributed by atoms with Crippen molar-refractivity contribution in [1.29, 1.82) is 0 Å². The Morgan fingerprint density at radius 2 is 2.21 bits per heavy atom. The van der Waals surface area contributed by atoms with Crippen molar-refractivity contribution in [3.8, 4) is 0 Å². The van der Waals surface area contributed by atoms with Gasteiger partial charge < -0.3 is 10.7 Å². The molecule has 3 N–H and O–H groups in total. The molecule has 0 aliphatic carbocycles. The summed E-state index contributed by atoms with van der Waals surface area (Å²) in [6, 6.07) is 8.52. The van der Waals surface area contributed by atoms with Crippen molar-refractivity contribution in [2.75, 3.05) is 0 Å². The highest BCUT2D eigenvalue weighted by Gasteiger charge is 2.08. The highest BCUT2D eigenvalue weighted by Crippen LogP contribution is 2.24. The summed E-state index contributed by atoms with van der Waals surface area (Å²) < 4.78 is 0. The van der Waals surface area contributed by atoms with E-state index >= 15 is 0 Å². The number of fused-ring (bicyclic) bond motifs is 1. The second-order valence-electron chi connectivity index (χ2n) is 3.68. The molecule has 2 rings (SSSR count). The van der Waals surface area contributed by atoms with E-state index in [2.05, 4.69) is 36.2 Å². The Bertz CT molecular complexity index is 417. The highest BCUT2D eigenvalue weighted by atomic mass is 14.7. The van der Waals surface area contributed by atoms with Crippen molar-refractivity contribution < 1.29 is 0 Å². The quantitative estimate of drug-likeness (QED) is 0.764. The van der Waals surface area contributed by atoms with Crippen LogP contribution >= 0.6 is 0 Å². The lowest BCUT2D eigenvalue weighted by Crippen LogP contribution is -2.10. The molecule has 0 spiro atoms. The molecule has 0 unspecified atom stereocenters. The van der Waals surface area contributed by atoms with E-state index in [1.54, 1.807) is 0 Å². The van der Waals surface area contributed by atoms with Crippen molar-refractivity contribution in [1.82, 2.24) is 4.98 Å². The summed E-state index contributed by atoms with van der Waals surface area (Å²) in [6.07, 6.45) is 4.13. The molecule has 0 saturated heterocycles. The first-order chi connectivity index (χ1) is 6.83. The van der Waals surface area contributed by atoms with Crippen LogP contribution in [0.1, 0.15) is 31.4 Å². The summed E-state index contributed by atoms with van der Waals surface area (Å²) in [4.78, 5) is 3.25. The molecule has 0 saturated carbocycles. The van der Waals surface area contributed by atoms with Crippen LogP contribution < -0.4 is 5.73 Å². The predicted molar refractivity (Wildman–Crippen MR) is 60.1 cm³/mol. The zero-order valence-electron chi connectivity index (χ0n) is 8.46. The summed E-state index contributed by atoms with van der Waals surface area (Å²) in [5, 5.41) is 1.24. The van der Waals surface area contributed by atoms with Gasteiger partial charge in [0.2, 0.25) is 0 Å². The lowest BCUT2D eigenvalue weighted by molar-refractivity contribution is 0.642. The smallest absolute Gasteiger partial charge is 0.0502 e. The number of rotatable bonds is 3. The molecule has 14 heavy (non-hydrogen) atoms. The van der Waals surface area contributed by atoms with Crippen molar-refractivity contribution in [3.63, 3.8) is 0 Å². The summed E-state index contributed by atoms with van der Waals surface area (Å²) in [6.45, 7) is 2.16. The third-order valence-corrected chi connectivity index (χ3v) is 2.62. The molecule has 1 atom stereocenters.